The van der Waals surface area contributed by atoms with Gasteiger partial charge in [0.2, 0.25) is 17.7 Å². The fourth-order valence-corrected chi connectivity index (χ4v) is 1.64. The molecule has 7 nitrogen and oxygen atoms in total. The summed E-state index contributed by atoms with van der Waals surface area (Å²) < 4.78 is 0. The van der Waals surface area contributed by atoms with Crippen LogP contribution in [-0.2, 0) is 14.4 Å². The molecule has 4 N–H and O–H groups in total. The number of carbonyl (C=O) groups is 3. The van der Waals surface area contributed by atoms with Gasteiger partial charge < -0.3 is 16.4 Å². The van der Waals surface area contributed by atoms with Gasteiger partial charge in [-0.3, -0.25) is 14.4 Å². The fourth-order valence-electron chi connectivity index (χ4n) is 1.64. The minimum Gasteiger partial charge on any atom is -0.368 e. The van der Waals surface area contributed by atoms with E-state index in [9.17, 15) is 14.4 Å². The van der Waals surface area contributed by atoms with Gasteiger partial charge in [0.05, 0.1) is 19.2 Å². The molecule has 100 valence electrons. The van der Waals surface area contributed by atoms with Gasteiger partial charge in [-0.2, -0.15) is 5.26 Å². The van der Waals surface area contributed by atoms with Crippen molar-refractivity contribution in [2.45, 2.75) is 26.7 Å². The van der Waals surface area contributed by atoms with E-state index in [1.165, 1.54) is 0 Å². The summed E-state index contributed by atoms with van der Waals surface area (Å²) in [5.74, 6) is -2.11. The van der Waals surface area contributed by atoms with Gasteiger partial charge in [0, 0.05) is 0 Å². The van der Waals surface area contributed by atoms with Crippen molar-refractivity contribution in [3.05, 3.63) is 0 Å². The maximum absolute atomic E-state index is 12.2. The van der Waals surface area contributed by atoms with Crippen molar-refractivity contribution in [3.63, 3.8) is 0 Å². The second-order valence-electron chi connectivity index (χ2n) is 3.99. The standard InChI is InChI=1S/C11H18N4O3/c1-3-11(4-2,7-12)10(18)15(5-8(13)16)6-9(14)17/h3-6H2,1-2H3,(H2,13,16)(H2,14,17). The summed E-state index contributed by atoms with van der Waals surface area (Å²) in [6.07, 6.45) is 0.569. The molecule has 0 aliphatic carbocycles. The number of nitriles is 1. The molecular weight excluding hydrogens is 236 g/mol. The molecule has 7 heteroatoms. The molecule has 0 saturated carbocycles. The monoisotopic (exact) mass is 254 g/mol. The molecule has 0 heterocycles. The number of hydrogen-bond donors (Lipinski definition) is 2. The molecular formula is C11H18N4O3. The number of nitrogens with zero attached hydrogens (tertiary/aromatic N) is 2. The van der Waals surface area contributed by atoms with Crippen LogP contribution in [0.25, 0.3) is 0 Å². The van der Waals surface area contributed by atoms with Crippen LogP contribution in [0.2, 0.25) is 0 Å². The Morgan fingerprint density at radius 1 is 1.11 bits per heavy atom. The van der Waals surface area contributed by atoms with E-state index in [4.69, 9.17) is 16.7 Å². The molecule has 0 aromatic carbocycles. The quantitative estimate of drug-likeness (QED) is 0.610. The Balaban J connectivity index is 5.22. The first kappa shape index (κ1) is 15.9. The maximum Gasteiger partial charge on any atom is 0.243 e. The minimum absolute atomic E-state index is 0.285. The maximum atomic E-state index is 12.2. The molecule has 0 aliphatic rings. The van der Waals surface area contributed by atoms with E-state index in [1.54, 1.807) is 13.8 Å². The van der Waals surface area contributed by atoms with E-state index in [0.717, 1.165) is 4.90 Å². The van der Waals surface area contributed by atoms with Crippen molar-refractivity contribution in [3.8, 4) is 6.07 Å². The van der Waals surface area contributed by atoms with Crippen LogP contribution >= 0.6 is 0 Å². The Morgan fingerprint density at radius 2 is 1.50 bits per heavy atom. The number of amides is 3. The molecule has 0 aliphatic heterocycles. The Kier molecular flexibility index (Phi) is 5.82. The second kappa shape index (κ2) is 6.59. The van der Waals surface area contributed by atoms with Gasteiger partial charge in [-0.15, -0.1) is 0 Å². The Labute approximate surface area is 106 Å². The predicted molar refractivity (Wildman–Crippen MR) is 63.6 cm³/mol. The van der Waals surface area contributed by atoms with E-state index in [2.05, 4.69) is 0 Å². The smallest absolute Gasteiger partial charge is 0.243 e. The first-order chi connectivity index (χ1) is 8.32. The van der Waals surface area contributed by atoms with E-state index in [-0.39, 0.29) is 12.8 Å². The summed E-state index contributed by atoms with van der Waals surface area (Å²) in [5, 5.41) is 9.13. The number of rotatable bonds is 7. The Bertz CT molecular complexity index is 366. The topological polar surface area (TPSA) is 130 Å². The lowest BCUT2D eigenvalue weighted by molar-refractivity contribution is -0.144. The summed E-state index contributed by atoms with van der Waals surface area (Å²) in [7, 11) is 0. The van der Waals surface area contributed by atoms with E-state index in [0.29, 0.717) is 0 Å². The first-order valence-corrected chi connectivity index (χ1v) is 5.60. The minimum atomic E-state index is -1.25. The molecule has 0 rings (SSSR count). The fraction of sp³-hybridized carbons (Fsp3) is 0.636. The van der Waals surface area contributed by atoms with Crippen LogP contribution in [-0.4, -0.2) is 35.7 Å². The van der Waals surface area contributed by atoms with Crippen LogP contribution in [0.4, 0.5) is 0 Å². The first-order valence-electron chi connectivity index (χ1n) is 5.60. The summed E-state index contributed by atoms with van der Waals surface area (Å²) >= 11 is 0. The van der Waals surface area contributed by atoms with Gasteiger partial charge in [-0.1, -0.05) is 13.8 Å². The highest BCUT2D eigenvalue weighted by Gasteiger charge is 2.39. The lowest BCUT2D eigenvalue weighted by atomic mass is 9.82. The van der Waals surface area contributed by atoms with Crippen molar-refractivity contribution in [1.82, 2.24) is 4.90 Å². The Morgan fingerprint density at radius 3 is 1.72 bits per heavy atom. The van der Waals surface area contributed by atoms with Crippen LogP contribution in [0.3, 0.4) is 0 Å². The zero-order valence-electron chi connectivity index (χ0n) is 10.6. The summed E-state index contributed by atoms with van der Waals surface area (Å²) in [6, 6.07) is 1.95. The summed E-state index contributed by atoms with van der Waals surface area (Å²) in [6.45, 7) is 2.53. The Hall–Kier alpha value is -2.10. The molecule has 0 radical (unpaired) electrons. The third kappa shape index (κ3) is 3.73. The van der Waals surface area contributed by atoms with Crippen LogP contribution in [0.1, 0.15) is 26.7 Å². The number of primary amides is 2. The zero-order valence-corrected chi connectivity index (χ0v) is 10.6. The zero-order chi connectivity index (χ0) is 14.3. The normalized spacial score (nSPS) is 10.5. The van der Waals surface area contributed by atoms with Crippen LogP contribution in [0.5, 0.6) is 0 Å². The molecule has 0 aromatic rings. The molecule has 3 amide bonds. The average Bonchev–Trinajstić information content (AvgIpc) is 2.29. The molecule has 0 bridgehead atoms. The highest BCUT2D eigenvalue weighted by atomic mass is 16.2. The predicted octanol–water partition coefficient (Wildman–Crippen LogP) is -0.884. The third-order valence-corrected chi connectivity index (χ3v) is 2.81. The molecule has 0 unspecified atom stereocenters. The van der Waals surface area contributed by atoms with Crippen molar-refractivity contribution in [1.29, 1.82) is 5.26 Å². The van der Waals surface area contributed by atoms with Crippen LogP contribution in [0.15, 0.2) is 0 Å². The molecule has 0 fully saturated rings. The van der Waals surface area contributed by atoms with Gasteiger partial charge in [0.25, 0.3) is 0 Å². The van der Waals surface area contributed by atoms with Gasteiger partial charge in [-0.05, 0) is 12.8 Å². The lowest BCUT2D eigenvalue weighted by Gasteiger charge is -2.29. The molecule has 0 aromatic heterocycles. The van der Waals surface area contributed by atoms with Crippen molar-refractivity contribution in [2.24, 2.45) is 16.9 Å². The highest BCUT2D eigenvalue weighted by molar-refractivity contribution is 5.92. The van der Waals surface area contributed by atoms with E-state index < -0.39 is 36.2 Å². The molecule has 0 spiro atoms. The SMILES string of the molecule is CCC(C#N)(CC)C(=O)N(CC(N)=O)CC(N)=O. The number of nitrogens with two attached hydrogens (primary N) is 2. The number of carbonyl (C=O) groups excluding carboxylic acids is 3. The summed E-state index contributed by atoms with van der Waals surface area (Å²) in [5.41, 5.74) is 8.77. The van der Waals surface area contributed by atoms with Crippen molar-refractivity contribution < 1.29 is 14.4 Å². The van der Waals surface area contributed by atoms with Gasteiger partial charge >= 0.3 is 0 Å². The van der Waals surface area contributed by atoms with Crippen molar-refractivity contribution in [2.75, 3.05) is 13.1 Å². The lowest BCUT2D eigenvalue weighted by Crippen LogP contribution is -2.49. The second-order valence-corrected chi connectivity index (χ2v) is 3.99. The molecule has 0 saturated heterocycles. The van der Waals surface area contributed by atoms with Gasteiger partial charge in [0.1, 0.15) is 5.41 Å². The summed E-state index contributed by atoms with van der Waals surface area (Å²) in [4.78, 5) is 34.9. The highest BCUT2D eigenvalue weighted by Crippen LogP contribution is 2.27. The van der Waals surface area contributed by atoms with E-state index >= 15 is 0 Å². The van der Waals surface area contributed by atoms with Gasteiger partial charge in [0.15, 0.2) is 0 Å². The molecule has 0 atom stereocenters. The average molecular weight is 254 g/mol. The van der Waals surface area contributed by atoms with Crippen LogP contribution < -0.4 is 11.5 Å². The van der Waals surface area contributed by atoms with Crippen LogP contribution in [0, 0.1) is 16.7 Å². The largest absolute Gasteiger partial charge is 0.368 e. The molecule has 18 heavy (non-hydrogen) atoms. The van der Waals surface area contributed by atoms with E-state index in [1.807, 2.05) is 6.07 Å². The number of hydrogen-bond acceptors (Lipinski definition) is 4. The third-order valence-electron chi connectivity index (χ3n) is 2.81. The van der Waals surface area contributed by atoms with Crippen molar-refractivity contribution >= 4 is 17.7 Å². The van der Waals surface area contributed by atoms with Gasteiger partial charge in [-0.25, -0.2) is 0 Å².